The van der Waals surface area contributed by atoms with Gasteiger partial charge in [0.05, 0.1) is 14.4 Å². The molecule has 6 heteroatoms. The van der Waals surface area contributed by atoms with Gasteiger partial charge in [-0.25, -0.2) is 13.5 Å². The van der Waals surface area contributed by atoms with Crippen molar-refractivity contribution in [3.63, 3.8) is 0 Å². The summed E-state index contributed by atoms with van der Waals surface area (Å²) in [5, 5.41) is 0. The van der Waals surface area contributed by atoms with E-state index in [0.29, 0.717) is 0 Å². The Morgan fingerprint density at radius 2 is 1.60 bits per heavy atom. The smallest absolute Gasteiger partial charge is 0.154 e. The van der Waals surface area contributed by atoms with E-state index in [1.807, 2.05) is 0 Å². The average Bonchev–Trinajstić information content (AvgIpc) is 1.56. The van der Waals surface area contributed by atoms with Crippen LogP contribution in [0.25, 0.3) is 0 Å². The molecule has 1 rings (SSSR count). The molecule has 10 heavy (non-hydrogen) atoms. The van der Waals surface area contributed by atoms with E-state index < -0.39 is 14.4 Å². The minimum Gasteiger partial charge on any atom is -0.241 e. The van der Waals surface area contributed by atoms with E-state index in [-0.39, 0.29) is 0 Å². The van der Waals surface area contributed by atoms with Gasteiger partial charge in [0, 0.05) is 0 Å². The average molecular weight is 195 g/mol. The zero-order chi connectivity index (χ0) is 7.83. The lowest BCUT2D eigenvalue weighted by Crippen LogP contribution is -1.74. The Hall–Kier alpha value is 0.560. The lowest BCUT2D eigenvalue weighted by Gasteiger charge is -2.16. The number of hydrogen-bond acceptors (Lipinski definition) is 3. The lowest BCUT2D eigenvalue weighted by molar-refractivity contribution is 1.67. The molecule has 0 saturated heterocycles. The number of nitrogens with zero attached hydrogens (tertiary/aromatic N) is 3. The van der Waals surface area contributed by atoms with E-state index in [1.165, 1.54) is 0 Å². The van der Waals surface area contributed by atoms with Gasteiger partial charge in [0.25, 0.3) is 0 Å². The van der Waals surface area contributed by atoms with Crippen LogP contribution >= 0.6 is 22.9 Å². The quantitative estimate of drug-likeness (QED) is 0.527. The zero-order valence-electron chi connectivity index (χ0n) is 6.68. The van der Waals surface area contributed by atoms with Crippen LogP contribution in [0.3, 0.4) is 0 Å². The molecule has 58 valence electrons. The Morgan fingerprint density at radius 3 is 1.90 bits per heavy atom. The van der Waals surface area contributed by atoms with Gasteiger partial charge in [-0.2, -0.15) is 0 Å². The van der Waals surface area contributed by atoms with Crippen LogP contribution < -0.4 is 0 Å². The molecule has 0 aromatic carbocycles. The Kier molecular flexibility index (Phi) is 2.21. The van der Waals surface area contributed by atoms with E-state index >= 15 is 0 Å². The van der Waals surface area contributed by atoms with Crippen LogP contribution in [0.2, 0.25) is 0 Å². The third kappa shape index (κ3) is 2.31. The molecule has 0 radical (unpaired) electrons. The molecule has 1 aliphatic rings. The van der Waals surface area contributed by atoms with E-state index in [9.17, 15) is 0 Å². The van der Waals surface area contributed by atoms with E-state index in [0.717, 1.165) is 8.52 Å². The first-order chi connectivity index (χ1) is 4.41. The van der Waals surface area contributed by atoms with Crippen molar-refractivity contribution in [1.29, 1.82) is 0 Å². The van der Waals surface area contributed by atoms with Gasteiger partial charge in [-0.15, -0.1) is 0 Å². The van der Waals surface area contributed by atoms with Crippen LogP contribution in [0.15, 0.2) is 13.5 Å². The summed E-state index contributed by atoms with van der Waals surface area (Å²) in [6.07, 6.45) is 0. The molecule has 0 saturated carbocycles. The Bertz CT molecular complexity index is 258. The van der Waals surface area contributed by atoms with Crippen molar-refractivity contribution < 1.29 is 0 Å². The van der Waals surface area contributed by atoms with Gasteiger partial charge >= 0.3 is 0 Å². The van der Waals surface area contributed by atoms with Crippen molar-refractivity contribution in [2.45, 2.75) is 0 Å². The summed E-state index contributed by atoms with van der Waals surface area (Å²) in [7, 11) is -1.62. The molecule has 0 bridgehead atoms. The lowest BCUT2D eigenvalue weighted by atomic mass is 11.9. The van der Waals surface area contributed by atoms with Crippen molar-refractivity contribution in [1.82, 2.24) is 0 Å². The largest absolute Gasteiger partial charge is 0.241 e. The molecule has 1 heterocycles. The summed E-state index contributed by atoms with van der Waals surface area (Å²) in [6.45, 7) is 8.54. The van der Waals surface area contributed by atoms with Crippen LogP contribution in [0.4, 0.5) is 0 Å². The van der Waals surface area contributed by atoms with Gasteiger partial charge in [-0.05, 0) is 26.7 Å². The van der Waals surface area contributed by atoms with Crippen LogP contribution in [0.1, 0.15) is 0 Å². The van der Waals surface area contributed by atoms with Crippen molar-refractivity contribution in [2.24, 2.45) is 13.5 Å². The molecular weight excluding hydrogens is 183 g/mol. The monoisotopic (exact) mass is 195 g/mol. The van der Waals surface area contributed by atoms with E-state index in [1.54, 1.807) is 0 Å². The fourth-order valence-electron chi connectivity index (χ4n) is 0.785. The van der Waals surface area contributed by atoms with Crippen molar-refractivity contribution in [3.05, 3.63) is 0 Å². The normalized spacial score (nSPS) is 28.4. The van der Waals surface area contributed by atoms with Gasteiger partial charge in [-0.1, -0.05) is 0 Å². The molecule has 0 amide bonds. The molecule has 0 spiro atoms. The maximum atomic E-state index is 4.63. The Labute approximate surface area is 63.8 Å². The second-order valence-corrected chi connectivity index (χ2v) is 10.7. The van der Waals surface area contributed by atoms with Crippen LogP contribution in [-0.2, 0) is 0 Å². The van der Waals surface area contributed by atoms with Crippen LogP contribution in [0.5, 0.6) is 0 Å². The fraction of sp³-hybridized carbons (Fsp3) is 1.00. The first kappa shape index (κ1) is 8.65. The molecule has 0 N–H and O–H groups in total. The highest BCUT2D eigenvalue weighted by molar-refractivity contribution is 7.79. The molecule has 0 unspecified atom stereocenters. The van der Waals surface area contributed by atoms with E-state index in [2.05, 4.69) is 40.2 Å². The minimum atomic E-state index is -1.26. The summed E-state index contributed by atoms with van der Waals surface area (Å²) in [5.74, 6) is 0. The highest BCUT2D eigenvalue weighted by atomic mass is 31.2. The maximum Gasteiger partial charge on any atom is 0.154 e. The summed E-state index contributed by atoms with van der Waals surface area (Å²) < 4.78 is 13.3. The van der Waals surface area contributed by atoms with Crippen molar-refractivity contribution >= 4 is 22.9 Å². The Balaban J connectivity index is 3.21. The van der Waals surface area contributed by atoms with Gasteiger partial charge in [0.2, 0.25) is 0 Å². The summed E-state index contributed by atoms with van der Waals surface area (Å²) in [4.78, 5) is 0. The third-order valence-electron chi connectivity index (χ3n) is 0.956. The Morgan fingerprint density at radius 1 is 1.00 bits per heavy atom. The second kappa shape index (κ2) is 2.55. The standard InChI is InChI=1S/C4H12N3P3/c1-9(2)5-8-6-10(3,4)7-9/h1-4H3. The first-order valence-electron chi connectivity index (χ1n) is 2.99. The number of rotatable bonds is 0. The fourth-order valence-corrected chi connectivity index (χ4v) is 8.03. The van der Waals surface area contributed by atoms with Gasteiger partial charge in [0.1, 0.15) is 0 Å². The second-order valence-electron chi connectivity index (χ2n) is 3.03. The molecule has 0 fully saturated rings. The van der Waals surface area contributed by atoms with Crippen LogP contribution in [0, 0.1) is 0 Å². The molecule has 0 aliphatic carbocycles. The van der Waals surface area contributed by atoms with Crippen molar-refractivity contribution in [2.75, 3.05) is 26.7 Å². The van der Waals surface area contributed by atoms with Gasteiger partial charge < -0.3 is 0 Å². The van der Waals surface area contributed by atoms with Crippen LogP contribution in [-0.4, -0.2) is 26.7 Å². The van der Waals surface area contributed by atoms with Gasteiger partial charge in [-0.3, -0.25) is 0 Å². The predicted molar refractivity (Wildman–Crippen MR) is 51.7 cm³/mol. The first-order valence-corrected chi connectivity index (χ1v) is 8.97. The molecule has 3 nitrogen and oxygen atoms in total. The summed E-state index contributed by atoms with van der Waals surface area (Å²) in [6, 6.07) is 0. The predicted octanol–water partition coefficient (Wildman–Crippen LogP) is 3.80. The highest BCUT2D eigenvalue weighted by Gasteiger charge is 2.12. The molecule has 1 aliphatic heterocycles. The minimum absolute atomic E-state index is 0.912. The molecule has 0 aromatic heterocycles. The SMILES string of the molecule is CP1(C)=NP=NP(C)(C)=N1. The maximum absolute atomic E-state index is 4.63. The zero-order valence-corrected chi connectivity index (χ0v) is 9.37. The molecule has 0 atom stereocenters. The number of hydrogen-bond donors (Lipinski definition) is 0. The molecular formula is C4H12N3P3. The highest BCUT2D eigenvalue weighted by Crippen LogP contribution is 2.63. The van der Waals surface area contributed by atoms with Gasteiger partial charge in [0.15, 0.2) is 8.52 Å². The topological polar surface area (TPSA) is 37.1 Å². The summed E-state index contributed by atoms with van der Waals surface area (Å²) >= 11 is 0. The third-order valence-corrected chi connectivity index (χ3v) is 8.60. The summed E-state index contributed by atoms with van der Waals surface area (Å²) in [5.41, 5.74) is 0. The van der Waals surface area contributed by atoms with Crippen molar-refractivity contribution in [3.8, 4) is 0 Å². The molecule has 0 aromatic rings. The van der Waals surface area contributed by atoms with E-state index in [4.69, 9.17) is 0 Å².